The van der Waals surface area contributed by atoms with E-state index in [4.69, 9.17) is 4.74 Å². The van der Waals surface area contributed by atoms with Gasteiger partial charge in [-0.25, -0.2) is 15.1 Å². The van der Waals surface area contributed by atoms with Crippen molar-refractivity contribution in [2.75, 3.05) is 49.2 Å². The van der Waals surface area contributed by atoms with Gasteiger partial charge < -0.3 is 19.4 Å². The predicted octanol–water partition coefficient (Wildman–Crippen LogP) is 1.00. The Labute approximate surface area is 204 Å². The molecule has 36 heavy (non-hydrogen) atoms. The Hall–Kier alpha value is -3.55. The van der Waals surface area contributed by atoms with Gasteiger partial charge in [0.2, 0.25) is 17.8 Å². The summed E-state index contributed by atoms with van der Waals surface area (Å²) in [7, 11) is 0. The SMILES string of the molecule is CC1CN(C(=O)CCOCCN2C(=O)CCc3c2cn[nH]c3=O)CCN1c1ncc(C(F)(F)F)cn1. The first-order valence-electron chi connectivity index (χ1n) is 11.5. The molecule has 2 aromatic heterocycles. The maximum Gasteiger partial charge on any atom is 0.419 e. The standard InChI is InChI=1S/C22H26F3N7O4/c1-14-13-30(5-6-31(14)21-26-10-15(11-27-21)22(23,24)25)18(33)4-8-36-9-7-32-17-12-28-29-20(35)16(17)2-3-19(32)34/h10-12,14H,2-9,13H2,1H3,(H,29,35). The van der Waals surface area contributed by atoms with Crippen LogP contribution in [0.1, 0.15) is 30.9 Å². The van der Waals surface area contributed by atoms with E-state index in [1.807, 2.05) is 6.92 Å². The molecule has 0 radical (unpaired) electrons. The third-order valence-electron chi connectivity index (χ3n) is 6.24. The average molecular weight is 509 g/mol. The second-order valence-corrected chi connectivity index (χ2v) is 8.62. The van der Waals surface area contributed by atoms with E-state index in [9.17, 15) is 27.6 Å². The Balaban J connectivity index is 1.21. The summed E-state index contributed by atoms with van der Waals surface area (Å²) >= 11 is 0. The Kier molecular flexibility index (Phi) is 7.52. The maximum atomic E-state index is 12.7. The number of halogens is 3. The van der Waals surface area contributed by atoms with Crippen LogP contribution in [0.2, 0.25) is 0 Å². The first-order valence-corrected chi connectivity index (χ1v) is 11.5. The molecule has 0 spiro atoms. The molecule has 4 heterocycles. The first-order chi connectivity index (χ1) is 17.1. The minimum atomic E-state index is -4.50. The number of H-pyrrole nitrogens is 1. The van der Waals surface area contributed by atoms with Crippen LogP contribution in [0.25, 0.3) is 0 Å². The molecule has 1 unspecified atom stereocenters. The number of alkyl halides is 3. The molecule has 0 aliphatic carbocycles. The largest absolute Gasteiger partial charge is 0.419 e. The summed E-state index contributed by atoms with van der Waals surface area (Å²) < 4.78 is 43.8. The highest BCUT2D eigenvalue weighted by atomic mass is 19.4. The normalized spacial score (nSPS) is 18.4. The van der Waals surface area contributed by atoms with E-state index in [1.165, 1.54) is 11.1 Å². The van der Waals surface area contributed by atoms with Crippen LogP contribution in [0.5, 0.6) is 0 Å². The van der Waals surface area contributed by atoms with Gasteiger partial charge in [-0.05, 0) is 13.3 Å². The predicted molar refractivity (Wildman–Crippen MR) is 121 cm³/mol. The van der Waals surface area contributed by atoms with Crippen molar-refractivity contribution in [3.8, 4) is 0 Å². The lowest BCUT2D eigenvalue weighted by atomic mass is 10.0. The molecule has 2 amide bonds. The molecular formula is C22H26F3N7O4. The fraction of sp³-hybridized carbons (Fsp3) is 0.545. The fourth-order valence-electron chi connectivity index (χ4n) is 4.31. The number of fused-ring (bicyclic) bond motifs is 1. The van der Waals surface area contributed by atoms with Crippen LogP contribution in [0, 0.1) is 0 Å². The van der Waals surface area contributed by atoms with E-state index < -0.39 is 11.7 Å². The number of carbonyl (C=O) groups excluding carboxylic acids is 2. The molecule has 14 heteroatoms. The maximum absolute atomic E-state index is 12.7. The molecule has 1 saturated heterocycles. The number of aromatic amines is 1. The number of hydrogen-bond donors (Lipinski definition) is 1. The summed E-state index contributed by atoms with van der Waals surface area (Å²) in [6.07, 6.45) is -0.775. The van der Waals surface area contributed by atoms with Gasteiger partial charge >= 0.3 is 6.18 Å². The Morgan fingerprint density at radius 1 is 1.14 bits per heavy atom. The van der Waals surface area contributed by atoms with Gasteiger partial charge in [0, 0.05) is 56.6 Å². The van der Waals surface area contributed by atoms with E-state index in [-0.39, 0.29) is 62.0 Å². The van der Waals surface area contributed by atoms with E-state index >= 15 is 0 Å². The summed E-state index contributed by atoms with van der Waals surface area (Å²) in [6.45, 7) is 3.61. The number of anilines is 2. The molecule has 2 aliphatic heterocycles. The van der Waals surface area contributed by atoms with Crippen LogP contribution in [-0.2, 0) is 26.9 Å². The Bertz CT molecular complexity index is 1160. The lowest BCUT2D eigenvalue weighted by molar-refractivity contribution is -0.138. The van der Waals surface area contributed by atoms with Crippen LogP contribution in [-0.4, -0.2) is 82.3 Å². The van der Waals surface area contributed by atoms with Crippen molar-refractivity contribution < 1.29 is 27.5 Å². The number of nitrogens with one attached hydrogen (secondary N) is 1. The number of aromatic nitrogens is 4. The number of amides is 2. The zero-order chi connectivity index (χ0) is 25.9. The molecule has 11 nitrogen and oxygen atoms in total. The van der Waals surface area contributed by atoms with Gasteiger partial charge in [-0.1, -0.05) is 0 Å². The third-order valence-corrected chi connectivity index (χ3v) is 6.24. The number of ether oxygens (including phenoxy) is 1. The zero-order valence-electron chi connectivity index (χ0n) is 19.6. The monoisotopic (exact) mass is 509 g/mol. The fourth-order valence-corrected chi connectivity index (χ4v) is 4.31. The van der Waals surface area contributed by atoms with Crippen molar-refractivity contribution in [1.82, 2.24) is 25.1 Å². The molecule has 0 aromatic carbocycles. The van der Waals surface area contributed by atoms with Gasteiger partial charge in [0.15, 0.2) is 0 Å². The molecular weight excluding hydrogens is 483 g/mol. The van der Waals surface area contributed by atoms with Crippen LogP contribution in [0.3, 0.4) is 0 Å². The molecule has 0 saturated carbocycles. The lowest BCUT2D eigenvalue weighted by Crippen LogP contribution is -2.54. The van der Waals surface area contributed by atoms with Crippen molar-refractivity contribution in [1.29, 1.82) is 0 Å². The highest BCUT2D eigenvalue weighted by molar-refractivity contribution is 5.96. The lowest BCUT2D eigenvalue weighted by Gasteiger charge is -2.40. The Morgan fingerprint density at radius 2 is 1.89 bits per heavy atom. The summed E-state index contributed by atoms with van der Waals surface area (Å²) in [6, 6.07) is -0.178. The highest BCUT2D eigenvalue weighted by Crippen LogP contribution is 2.29. The van der Waals surface area contributed by atoms with Crippen LogP contribution >= 0.6 is 0 Å². The summed E-state index contributed by atoms with van der Waals surface area (Å²) in [5.41, 5.74) is -0.212. The van der Waals surface area contributed by atoms with Crippen molar-refractivity contribution in [3.63, 3.8) is 0 Å². The molecule has 2 aromatic rings. The Morgan fingerprint density at radius 3 is 2.58 bits per heavy atom. The third kappa shape index (κ3) is 5.64. The topological polar surface area (TPSA) is 125 Å². The van der Waals surface area contributed by atoms with Gasteiger partial charge in [0.05, 0.1) is 37.1 Å². The van der Waals surface area contributed by atoms with Crippen molar-refractivity contribution in [2.45, 2.75) is 38.4 Å². The van der Waals surface area contributed by atoms with E-state index in [0.717, 1.165) is 12.4 Å². The van der Waals surface area contributed by atoms with Gasteiger partial charge in [-0.2, -0.15) is 18.3 Å². The minimum absolute atomic E-state index is 0.107. The summed E-state index contributed by atoms with van der Waals surface area (Å²) in [5.74, 6) is -0.0274. The summed E-state index contributed by atoms with van der Waals surface area (Å²) in [4.78, 5) is 49.4. The molecule has 4 rings (SSSR count). The van der Waals surface area contributed by atoms with Crippen LogP contribution < -0.4 is 15.4 Å². The van der Waals surface area contributed by atoms with Gasteiger partial charge in [-0.15, -0.1) is 0 Å². The number of hydrogen-bond acceptors (Lipinski definition) is 8. The average Bonchev–Trinajstić information content (AvgIpc) is 2.84. The molecule has 1 fully saturated rings. The molecule has 2 aliphatic rings. The number of nitrogens with zero attached hydrogens (tertiary/aromatic N) is 6. The molecule has 1 atom stereocenters. The minimum Gasteiger partial charge on any atom is -0.379 e. The number of carbonyl (C=O) groups is 2. The number of rotatable bonds is 7. The summed E-state index contributed by atoms with van der Waals surface area (Å²) in [5, 5.41) is 6.14. The quantitative estimate of drug-likeness (QED) is 0.549. The van der Waals surface area contributed by atoms with Gasteiger partial charge in [0.1, 0.15) is 0 Å². The molecule has 194 valence electrons. The smallest absolute Gasteiger partial charge is 0.379 e. The second kappa shape index (κ2) is 10.6. The van der Waals surface area contributed by atoms with Gasteiger partial charge in [0.25, 0.3) is 5.56 Å². The second-order valence-electron chi connectivity index (χ2n) is 8.62. The van der Waals surface area contributed by atoms with E-state index in [1.54, 1.807) is 9.80 Å². The van der Waals surface area contributed by atoms with E-state index in [0.29, 0.717) is 37.3 Å². The van der Waals surface area contributed by atoms with Crippen molar-refractivity contribution >= 4 is 23.5 Å². The van der Waals surface area contributed by atoms with Crippen LogP contribution in [0.4, 0.5) is 24.8 Å². The molecule has 0 bridgehead atoms. The zero-order valence-corrected chi connectivity index (χ0v) is 19.6. The van der Waals surface area contributed by atoms with Crippen molar-refractivity contribution in [2.24, 2.45) is 0 Å². The first kappa shape index (κ1) is 25.5. The molecule has 1 N–H and O–H groups in total. The van der Waals surface area contributed by atoms with Gasteiger partial charge in [-0.3, -0.25) is 14.4 Å². The van der Waals surface area contributed by atoms with Crippen molar-refractivity contribution in [3.05, 3.63) is 40.1 Å². The number of piperazine rings is 1. The van der Waals surface area contributed by atoms with E-state index in [2.05, 4.69) is 20.2 Å². The van der Waals surface area contributed by atoms with Crippen LogP contribution in [0.15, 0.2) is 23.4 Å². The highest BCUT2D eigenvalue weighted by Gasteiger charge is 2.33.